The summed E-state index contributed by atoms with van der Waals surface area (Å²) < 4.78 is 18.7. The molecule has 0 fully saturated rings. The molecule has 84 valence electrons. The van der Waals surface area contributed by atoms with E-state index < -0.39 is 0 Å². The van der Waals surface area contributed by atoms with Gasteiger partial charge in [0.2, 0.25) is 0 Å². The Hall–Kier alpha value is -1.84. The van der Waals surface area contributed by atoms with Gasteiger partial charge in [0.05, 0.1) is 7.11 Å². The predicted octanol–water partition coefficient (Wildman–Crippen LogP) is 2.81. The van der Waals surface area contributed by atoms with Crippen molar-refractivity contribution >= 4 is 16.7 Å². The van der Waals surface area contributed by atoms with E-state index in [2.05, 4.69) is 10.3 Å². The van der Waals surface area contributed by atoms with Crippen LogP contribution >= 0.6 is 0 Å². The smallest absolute Gasteiger partial charge is 0.149 e. The van der Waals surface area contributed by atoms with Crippen LogP contribution in [0.15, 0.2) is 24.3 Å². The summed E-state index contributed by atoms with van der Waals surface area (Å²) in [6.45, 7) is 2.72. The normalized spacial score (nSPS) is 10.4. The van der Waals surface area contributed by atoms with Gasteiger partial charge >= 0.3 is 0 Å². The lowest BCUT2D eigenvalue weighted by molar-refractivity contribution is 0.419. The Bertz CT molecular complexity index is 514. The Morgan fingerprint density at radius 3 is 2.81 bits per heavy atom. The topological polar surface area (TPSA) is 34.1 Å². The first-order valence-electron chi connectivity index (χ1n) is 5.13. The first-order chi connectivity index (χ1) is 7.76. The molecular weight excluding hydrogens is 207 g/mol. The third kappa shape index (κ3) is 1.78. The van der Waals surface area contributed by atoms with Gasteiger partial charge in [-0.05, 0) is 31.2 Å². The summed E-state index contributed by atoms with van der Waals surface area (Å²) in [5.41, 5.74) is 0.331. The second-order valence-electron chi connectivity index (χ2n) is 3.37. The Morgan fingerprint density at radius 1 is 1.31 bits per heavy atom. The lowest BCUT2D eigenvalue weighted by Gasteiger charge is -2.08. The van der Waals surface area contributed by atoms with E-state index >= 15 is 0 Å². The van der Waals surface area contributed by atoms with Crippen LogP contribution in [0, 0.1) is 5.82 Å². The molecule has 3 nitrogen and oxygen atoms in total. The van der Waals surface area contributed by atoms with Crippen LogP contribution in [0.2, 0.25) is 0 Å². The molecule has 0 radical (unpaired) electrons. The van der Waals surface area contributed by atoms with Crippen LogP contribution in [0.4, 0.5) is 10.2 Å². The van der Waals surface area contributed by atoms with Gasteiger partial charge in [-0.25, -0.2) is 9.37 Å². The molecule has 0 aliphatic heterocycles. The highest BCUT2D eigenvalue weighted by atomic mass is 19.1. The van der Waals surface area contributed by atoms with Crippen molar-refractivity contribution in [3.05, 3.63) is 30.1 Å². The number of anilines is 1. The number of nitrogens with zero attached hydrogens (tertiary/aromatic N) is 1. The lowest BCUT2D eigenvalue weighted by atomic mass is 10.2. The average Bonchev–Trinajstić information content (AvgIpc) is 2.31. The Morgan fingerprint density at radius 2 is 2.12 bits per heavy atom. The second-order valence-corrected chi connectivity index (χ2v) is 3.37. The van der Waals surface area contributed by atoms with Gasteiger partial charge in [-0.3, -0.25) is 0 Å². The quantitative estimate of drug-likeness (QED) is 0.863. The molecule has 2 rings (SSSR count). The van der Waals surface area contributed by atoms with Crippen molar-refractivity contribution in [2.24, 2.45) is 0 Å². The van der Waals surface area contributed by atoms with Crippen molar-refractivity contribution in [1.82, 2.24) is 4.98 Å². The maximum atomic E-state index is 13.6. The number of fused-ring (bicyclic) bond motifs is 1. The molecule has 0 aliphatic carbocycles. The summed E-state index contributed by atoms with van der Waals surface area (Å²) in [5, 5.41) is 3.73. The van der Waals surface area contributed by atoms with Gasteiger partial charge in [0.1, 0.15) is 22.9 Å². The van der Waals surface area contributed by atoms with Crippen LogP contribution in [0.5, 0.6) is 5.75 Å². The molecule has 0 atom stereocenters. The number of nitrogens with one attached hydrogen (secondary N) is 1. The van der Waals surface area contributed by atoms with Crippen LogP contribution in [-0.2, 0) is 0 Å². The first kappa shape index (κ1) is 10.7. The van der Waals surface area contributed by atoms with Crippen LogP contribution in [0.25, 0.3) is 10.9 Å². The summed E-state index contributed by atoms with van der Waals surface area (Å²) in [6, 6.07) is 6.59. The molecule has 1 N–H and O–H groups in total. The van der Waals surface area contributed by atoms with E-state index in [1.807, 2.05) is 19.1 Å². The molecule has 4 heteroatoms. The molecule has 0 spiro atoms. The van der Waals surface area contributed by atoms with E-state index in [0.717, 1.165) is 6.54 Å². The van der Waals surface area contributed by atoms with Crippen LogP contribution < -0.4 is 10.1 Å². The summed E-state index contributed by atoms with van der Waals surface area (Å²) in [6.07, 6.45) is 0. The van der Waals surface area contributed by atoms with Crippen molar-refractivity contribution in [3.8, 4) is 5.75 Å². The summed E-state index contributed by atoms with van der Waals surface area (Å²) in [7, 11) is 1.56. The number of ether oxygens (including phenoxy) is 1. The minimum atomic E-state index is -0.337. The minimum Gasteiger partial charge on any atom is -0.496 e. The first-order valence-corrected chi connectivity index (χ1v) is 5.13. The van der Waals surface area contributed by atoms with Gasteiger partial charge in [0.15, 0.2) is 0 Å². The SMILES string of the molecule is CCNc1ccc2c(OC)ccc(F)c2n1. The zero-order valence-corrected chi connectivity index (χ0v) is 9.25. The van der Waals surface area contributed by atoms with Crippen LogP contribution in [-0.4, -0.2) is 18.6 Å². The highest BCUT2D eigenvalue weighted by Gasteiger charge is 2.08. The van der Waals surface area contributed by atoms with Gasteiger partial charge in [0, 0.05) is 11.9 Å². The number of pyridine rings is 1. The molecule has 1 heterocycles. The second kappa shape index (κ2) is 4.35. The summed E-state index contributed by atoms with van der Waals surface area (Å²) >= 11 is 0. The van der Waals surface area contributed by atoms with Crippen molar-refractivity contribution in [2.45, 2.75) is 6.92 Å². The molecule has 0 unspecified atom stereocenters. The molecule has 0 saturated heterocycles. The zero-order valence-electron chi connectivity index (χ0n) is 9.25. The van der Waals surface area contributed by atoms with E-state index in [1.165, 1.54) is 6.07 Å². The molecule has 0 aliphatic rings. The fourth-order valence-electron chi connectivity index (χ4n) is 1.62. The number of rotatable bonds is 3. The van der Waals surface area contributed by atoms with Crippen LogP contribution in [0.3, 0.4) is 0 Å². The molecule has 0 amide bonds. The van der Waals surface area contributed by atoms with Crippen molar-refractivity contribution in [2.75, 3.05) is 19.0 Å². The monoisotopic (exact) mass is 220 g/mol. The highest BCUT2D eigenvalue weighted by Crippen LogP contribution is 2.27. The molecule has 2 aromatic rings. The van der Waals surface area contributed by atoms with Crippen molar-refractivity contribution < 1.29 is 9.13 Å². The van der Waals surface area contributed by atoms with Crippen molar-refractivity contribution in [3.63, 3.8) is 0 Å². The molecule has 0 bridgehead atoms. The molecule has 0 saturated carbocycles. The lowest BCUT2D eigenvalue weighted by Crippen LogP contribution is -2.00. The maximum absolute atomic E-state index is 13.6. The van der Waals surface area contributed by atoms with Gasteiger partial charge < -0.3 is 10.1 Å². The average molecular weight is 220 g/mol. The Labute approximate surface area is 93.3 Å². The Balaban J connectivity index is 2.63. The predicted molar refractivity (Wildman–Crippen MR) is 62.4 cm³/mol. The molecule has 1 aromatic heterocycles. The van der Waals surface area contributed by atoms with E-state index in [1.54, 1.807) is 13.2 Å². The largest absolute Gasteiger partial charge is 0.496 e. The van der Waals surface area contributed by atoms with E-state index in [-0.39, 0.29) is 5.82 Å². The fourth-order valence-corrected chi connectivity index (χ4v) is 1.62. The van der Waals surface area contributed by atoms with Crippen molar-refractivity contribution in [1.29, 1.82) is 0 Å². The van der Waals surface area contributed by atoms with Gasteiger partial charge in [-0.2, -0.15) is 0 Å². The fraction of sp³-hybridized carbons (Fsp3) is 0.250. The van der Waals surface area contributed by atoms with Gasteiger partial charge in [0.25, 0.3) is 0 Å². The minimum absolute atomic E-state index is 0.331. The number of halogens is 1. The molecular formula is C12H13FN2O. The summed E-state index contributed by atoms with van der Waals surface area (Å²) in [5.74, 6) is 0.963. The number of hydrogen-bond donors (Lipinski definition) is 1. The number of aromatic nitrogens is 1. The summed E-state index contributed by atoms with van der Waals surface area (Å²) in [4.78, 5) is 4.21. The van der Waals surface area contributed by atoms with E-state index in [4.69, 9.17) is 4.74 Å². The number of methoxy groups -OCH3 is 1. The Kier molecular flexibility index (Phi) is 2.90. The molecule has 16 heavy (non-hydrogen) atoms. The third-order valence-corrected chi connectivity index (χ3v) is 2.35. The highest BCUT2D eigenvalue weighted by molar-refractivity contribution is 5.86. The number of benzene rings is 1. The van der Waals surface area contributed by atoms with Gasteiger partial charge in [-0.1, -0.05) is 0 Å². The van der Waals surface area contributed by atoms with E-state index in [9.17, 15) is 4.39 Å². The standard InChI is InChI=1S/C12H13FN2O/c1-3-14-11-7-4-8-10(16-2)6-5-9(13)12(8)15-11/h4-7H,3H2,1-2H3,(H,14,15). The maximum Gasteiger partial charge on any atom is 0.149 e. The van der Waals surface area contributed by atoms with Gasteiger partial charge in [-0.15, -0.1) is 0 Å². The van der Waals surface area contributed by atoms with Crippen LogP contribution in [0.1, 0.15) is 6.92 Å². The number of hydrogen-bond acceptors (Lipinski definition) is 3. The molecule has 1 aromatic carbocycles. The van der Waals surface area contributed by atoms with E-state index in [0.29, 0.717) is 22.5 Å². The zero-order chi connectivity index (χ0) is 11.5. The third-order valence-electron chi connectivity index (χ3n) is 2.35.